The molecule has 0 amide bonds. The number of nitrogens with one attached hydrogen (secondary N) is 1. The molecule has 0 saturated carbocycles. The van der Waals surface area contributed by atoms with Crippen LogP contribution in [-0.2, 0) is 6.54 Å². The van der Waals surface area contributed by atoms with Crippen molar-refractivity contribution >= 4 is 5.69 Å². The fourth-order valence-corrected chi connectivity index (χ4v) is 2.91. The first kappa shape index (κ1) is 15.2. The van der Waals surface area contributed by atoms with E-state index in [1.165, 1.54) is 12.1 Å². The fourth-order valence-electron chi connectivity index (χ4n) is 2.91. The van der Waals surface area contributed by atoms with Crippen LogP contribution in [0.5, 0.6) is 0 Å². The summed E-state index contributed by atoms with van der Waals surface area (Å²) in [7, 11) is 1.74. The average Bonchev–Trinajstić information content (AvgIpc) is 2.39. The molecule has 112 valence electrons. The first-order valence-corrected chi connectivity index (χ1v) is 7.14. The van der Waals surface area contributed by atoms with Crippen LogP contribution in [0.25, 0.3) is 0 Å². The van der Waals surface area contributed by atoms with E-state index >= 15 is 0 Å². The Balaban J connectivity index is 2.19. The molecule has 2 N–H and O–H groups in total. The maximum absolute atomic E-state index is 14.2. The molecule has 1 aromatic carbocycles. The maximum Gasteiger partial charge on any atom is 0.149 e. The molecular weight excluding hydrogens is 262 g/mol. The Morgan fingerprint density at radius 1 is 1.35 bits per heavy atom. The largest absolute Gasteiger partial charge is 0.396 e. The van der Waals surface area contributed by atoms with Gasteiger partial charge in [-0.3, -0.25) is 0 Å². The Labute approximate surface area is 118 Å². The summed E-state index contributed by atoms with van der Waals surface area (Å²) in [6.45, 7) is 1.85. The number of hydrogen-bond donors (Lipinski definition) is 2. The molecule has 1 aliphatic heterocycles. The molecule has 1 saturated heterocycles. The Morgan fingerprint density at radius 3 is 2.65 bits per heavy atom. The van der Waals surface area contributed by atoms with Gasteiger partial charge < -0.3 is 15.3 Å². The molecule has 1 fully saturated rings. The van der Waals surface area contributed by atoms with Crippen LogP contribution in [0, 0.1) is 17.6 Å². The van der Waals surface area contributed by atoms with Crippen molar-refractivity contribution in [1.29, 1.82) is 0 Å². The van der Waals surface area contributed by atoms with Crippen LogP contribution in [0.3, 0.4) is 0 Å². The number of hydrogen-bond acceptors (Lipinski definition) is 3. The number of halogens is 2. The van der Waals surface area contributed by atoms with Crippen LogP contribution in [0.4, 0.5) is 14.5 Å². The molecule has 0 aromatic heterocycles. The van der Waals surface area contributed by atoms with Gasteiger partial charge in [-0.2, -0.15) is 0 Å². The Hall–Kier alpha value is -1.20. The van der Waals surface area contributed by atoms with E-state index < -0.39 is 11.6 Å². The molecule has 1 aliphatic rings. The maximum atomic E-state index is 14.2. The van der Waals surface area contributed by atoms with Crippen molar-refractivity contribution < 1.29 is 13.9 Å². The molecule has 0 bridgehead atoms. The minimum Gasteiger partial charge on any atom is -0.396 e. The summed E-state index contributed by atoms with van der Waals surface area (Å²) in [5.41, 5.74) is 0.683. The highest BCUT2D eigenvalue weighted by Gasteiger charge is 2.24. The second kappa shape index (κ2) is 6.99. The van der Waals surface area contributed by atoms with Crippen molar-refractivity contribution in [1.82, 2.24) is 5.32 Å². The molecule has 0 radical (unpaired) electrons. The predicted octanol–water partition coefficient (Wildman–Crippen LogP) is 2.28. The van der Waals surface area contributed by atoms with E-state index in [1.54, 1.807) is 11.9 Å². The highest BCUT2D eigenvalue weighted by atomic mass is 19.1. The zero-order valence-corrected chi connectivity index (χ0v) is 11.8. The molecule has 1 unspecified atom stereocenters. The van der Waals surface area contributed by atoms with Crippen LogP contribution < -0.4 is 10.2 Å². The molecule has 1 heterocycles. The summed E-state index contributed by atoms with van der Waals surface area (Å²) in [4.78, 5) is 1.78. The third-order valence-corrected chi connectivity index (χ3v) is 3.83. The lowest BCUT2D eigenvalue weighted by Gasteiger charge is -2.34. The predicted molar refractivity (Wildman–Crippen MR) is 75.8 cm³/mol. The lowest BCUT2D eigenvalue weighted by atomic mass is 9.94. The number of anilines is 1. The minimum absolute atomic E-state index is 0.0764. The van der Waals surface area contributed by atoms with E-state index in [0.29, 0.717) is 37.5 Å². The lowest BCUT2D eigenvalue weighted by molar-refractivity contribution is 0.244. The van der Waals surface area contributed by atoms with E-state index in [1.807, 2.05) is 0 Å². The van der Waals surface area contributed by atoms with E-state index in [0.717, 1.165) is 12.8 Å². The minimum atomic E-state index is -0.500. The van der Waals surface area contributed by atoms with E-state index in [4.69, 9.17) is 5.11 Å². The number of aliphatic hydroxyl groups is 1. The topological polar surface area (TPSA) is 35.5 Å². The van der Waals surface area contributed by atoms with Gasteiger partial charge in [-0.1, -0.05) is 0 Å². The second-order valence-electron chi connectivity index (χ2n) is 5.40. The summed E-state index contributed by atoms with van der Waals surface area (Å²) in [5, 5.41) is 11.9. The summed E-state index contributed by atoms with van der Waals surface area (Å²) < 4.78 is 28.3. The van der Waals surface area contributed by atoms with E-state index in [-0.39, 0.29) is 12.3 Å². The third-order valence-electron chi connectivity index (χ3n) is 3.83. The number of rotatable bonds is 5. The highest BCUT2D eigenvalue weighted by Crippen LogP contribution is 2.30. The quantitative estimate of drug-likeness (QED) is 0.871. The Morgan fingerprint density at radius 2 is 2.05 bits per heavy atom. The molecule has 0 aliphatic carbocycles. The van der Waals surface area contributed by atoms with Crippen molar-refractivity contribution in [3.05, 3.63) is 29.3 Å². The van der Waals surface area contributed by atoms with Gasteiger partial charge in [0.2, 0.25) is 0 Å². The Bertz CT molecular complexity index is 428. The van der Waals surface area contributed by atoms with Crippen LogP contribution in [-0.4, -0.2) is 31.9 Å². The van der Waals surface area contributed by atoms with Crippen molar-refractivity contribution in [3.8, 4) is 0 Å². The second-order valence-corrected chi connectivity index (χ2v) is 5.40. The monoisotopic (exact) mass is 284 g/mol. The first-order chi connectivity index (χ1) is 9.65. The number of benzene rings is 1. The van der Waals surface area contributed by atoms with E-state index in [9.17, 15) is 8.78 Å². The van der Waals surface area contributed by atoms with Gasteiger partial charge in [0.05, 0.1) is 0 Å². The lowest BCUT2D eigenvalue weighted by Crippen LogP contribution is -2.37. The molecule has 5 heteroatoms. The Kier molecular flexibility index (Phi) is 5.31. The first-order valence-electron chi connectivity index (χ1n) is 7.14. The van der Waals surface area contributed by atoms with Crippen molar-refractivity contribution in [2.24, 2.45) is 5.92 Å². The average molecular weight is 284 g/mol. The molecular formula is C15H22F2N2O. The number of aliphatic hydroxyl groups excluding tert-OH is 1. The van der Waals surface area contributed by atoms with E-state index in [2.05, 4.69) is 5.32 Å². The number of nitrogens with zero attached hydrogens (tertiary/aromatic N) is 1. The van der Waals surface area contributed by atoms with Gasteiger partial charge in [0.1, 0.15) is 17.3 Å². The SMILES string of the molecule is CNCc1cc(F)c(N2CCCC(CCO)C2)c(F)c1. The van der Waals surface area contributed by atoms with Gasteiger partial charge in [-0.25, -0.2) is 8.78 Å². The van der Waals surface area contributed by atoms with Crippen molar-refractivity contribution in [2.75, 3.05) is 31.6 Å². The fraction of sp³-hybridized carbons (Fsp3) is 0.600. The molecule has 0 spiro atoms. The zero-order valence-electron chi connectivity index (χ0n) is 11.8. The van der Waals surface area contributed by atoms with Crippen LogP contribution in [0.1, 0.15) is 24.8 Å². The molecule has 1 atom stereocenters. The van der Waals surface area contributed by atoms with Crippen molar-refractivity contribution in [2.45, 2.75) is 25.8 Å². The van der Waals surface area contributed by atoms with Gasteiger partial charge >= 0.3 is 0 Å². The van der Waals surface area contributed by atoms with Crippen LogP contribution in [0.2, 0.25) is 0 Å². The summed E-state index contributed by atoms with van der Waals surface area (Å²) in [6.07, 6.45) is 2.61. The summed E-state index contributed by atoms with van der Waals surface area (Å²) in [5.74, 6) is -0.690. The summed E-state index contributed by atoms with van der Waals surface area (Å²) >= 11 is 0. The zero-order chi connectivity index (χ0) is 14.5. The smallest absolute Gasteiger partial charge is 0.149 e. The normalized spacial score (nSPS) is 19.4. The molecule has 3 nitrogen and oxygen atoms in total. The molecule has 20 heavy (non-hydrogen) atoms. The molecule has 1 aromatic rings. The van der Waals surface area contributed by atoms with Crippen LogP contribution >= 0.6 is 0 Å². The van der Waals surface area contributed by atoms with Crippen LogP contribution in [0.15, 0.2) is 12.1 Å². The highest BCUT2D eigenvalue weighted by molar-refractivity contribution is 5.51. The van der Waals surface area contributed by atoms with Gasteiger partial charge in [0.15, 0.2) is 0 Å². The molecule has 2 rings (SSSR count). The van der Waals surface area contributed by atoms with Gasteiger partial charge in [0, 0.05) is 26.2 Å². The van der Waals surface area contributed by atoms with Gasteiger partial charge in [-0.05, 0) is 49.9 Å². The number of piperidine rings is 1. The van der Waals surface area contributed by atoms with Crippen molar-refractivity contribution in [3.63, 3.8) is 0 Å². The standard InChI is InChI=1S/C15H22F2N2O/c1-18-9-12-7-13(16)15(14(17)8-12)19-5-2-3-11(10-19)4-6-20/h7-8,11,18,20H,2-6,9-10H2,1H3. The van der Waals surface area contributed by atoms with Gasteiger partial charge in [0.25, 0.3) is 0 Å². The summed E-state index contributed by atoms with van der Waals surface area (Å²) in [6, 6.07) is 2.79. The third kappa shape index (κ3) is 3.46. The van der Waals surface area contributed by atoms with Gasteiger partial charge in [-0.15, -0.1) is 0 Å².